The topological polar surface area (TPSA) is 102 Å². The Labute approximate surface area is 280 Å². The second kappa shape index (κ2) is 14.3. The van der Waals surface area contributed by atoms with Crippen molar-refractivity contribution in [2.75, 3.05) is 53.3 Å². The number of benzene rings is 2. The lowest BCUT2D eigenvalue weighted by molar-refractivity contribution is -0.127. The van der Waals surface area contributed by atoms with E-state index in [2.05, 4.69) is 10.3 Å². The summed E-state index contributed by atoms with van der Waals surface area (Å²) >= 11 is 19.5. The standard InChI is InChI=1S/C32H32Cl3FN6O4/c1-40(2)11-5-6-26(43)41-12-9-20(10-13-41)42-30-18(17-37-32(39-30)38-19-7-8-23(36)22(33)15-19)14-21(31(42)44)27-28(34)24(45-3)16-25(46-4)29(27)35/h5-8,14-17,20H,9-13H2,1-4H3,(H,37,38,39). The van der Waals surface area contributed by atoms with Crippen molar-refractivity contribution in [2.24, 2.45) is 0 Å². The first-order valence-corrected chi connectivity index (χ1v) is 15.5. The van der Waals surface area contributed by atoms with Gasteiger partial charge in [0.15, 0.2) is 0 Å². The van der Waals surface area contributed by atoms with Gasteiger partial charge in [-0.1, -0.05) is 40.9 Å². The summed E-state index contributed by atoms with van der Waals surface area (Å²) in [5.74, 6) is 0.102. The fraction of sp³-hybridized carbons (Fsp3) is 0.312. The minimum atomic E-state index is -0.558. The zero-order valence-corrected chi connectivity index (χ0v) is 27.9. The minimum Gasteiger partial charge on any atom is -0.495 e. The number of carbonyl (C=O) groups excluding carboxylic acids is 1. The minimum absolute atomic E-state index is 0.0623. The number of likely N-dealkylation sites (N-methyl/N-ethyl adjacent to an activating group) is 1. The van der Waals surface area contributed by atoms with Gasteiger partial charge in [-0.2, -0.15) is 4.98 Å². The highest BCUT2D eigenvalue weighted by Gasteiger charge is 2.29. The number of carbonyl (C=O) groups is 1. The van der Waals surface area contributed by atoms with Crippen LogP contribution in [0.1, 0.15) is 18.9 Å². The third kappa shape index (κ3) is 6.92. The molecule has 1 amide bonds. The van der Waals surface area contributed by atoms with Gasteiger partial charge in [-0.25, -0.2) is 9.37 Å². The van der Waals surface area contributed by atoms with E-state index in [1.165, 1.54) is 32.4 Å². The van der Waals surface area contributed by atoms with Gasteiger partial charge in [0.1, 0.15) is 23.0 Å². The molecule has 0 aliphatic carbocycles. The van der Waals surface area contributed by atoms with E-state index in [0.717, 1.165) is 0 Å². The van der Waals surface area contributed by atoms with E-state index in [0.29, 0.717) is 49.2 Å². The number of fused-ring (bicyclic) bond motifs is 1. The molecule has 0 atom stereocenters. The Bertz CT molecular complexity index is 1850. The SMILES string of the molecule is COc1cc(OC)c(Cl)c(-c2cc3cnc(Nc4ccc(F)c(Cl)c4)nc3n(C3CCN(C(=O)C=CCN(C)C)CC3)c2=O)c1Cl. The number of hydrogen-bond acceptors (Lipinski definition) is 8. The Morgan fingerprint density at radius 3 is 2.37 bits per heavy atom. The summed E-state index contributed by atoms with van der Waals surface area (Å²) in [4.78, 5) is 40.2. The first-order valence-electron chi connectivity index (χ1n) is 14.4. The number of rotatable bonds is 9. The molecule has 1 saturated heterocycles. The molecule has 0 saturated carbocycles. The van der Waals surface area contributed by atoms with Gasteiger partial charge in [0.25, 0.3) is 5.56 Å². The van der Waals surface area contributed by atoms with Crippen molar-refractivity contribution in [3.8, 4) is 22.6 Å². The number of ether oxygens (including phenoxy) is 2. The molecule has 1 aliphatic rings. The molecular weight excluding hydrogens is 658 g/mol. The second-order valence-corrected chi connectivity index (χ2v) is 12.1. The summed E-state index contributed by atoms with van der Waals surface area (Å²) < 4.78 is 26.3. The molecule has 0 bridgehead atoms. The molecule has 2 aromatic carbocycles. The van der Waals surface area contributed by atoms with Gasteiger partial charge in [-0.15, -0.1) is 0 Å². The van der Waals surface area contributed by atoms with Crippen molar-refractivity contribution in [3.63, 3.8) is 0 Å². The van der Waals surface area contributed by atoms with Crippen molar-refractivity contribution in [1.82, 2.24) is 24.3 Å². The number of aromatic nitrogens is 3. The fourth-order valence-corrected chi connectivity index (χ4v) is 6.22. The van der Waals surface area contributed by atoms with Crippen LogP contribution in [0, 0.1) is 5.82 Å². The third-order valence-electron chi connectivity index (χ3n) is 7.66. The van der Waals surface area contributed by atoms with Gasteiger partial charge >= 0.3 is 0 Å². The maximum absolute atomic E-state index is 14.5. The summed E-state index contributed by atoms with van der Waals surface area (Å²) in [6, 6.07) is 7.01. The number of pyridine rings is 1. The van der Waals surface area contributed by atoms with Crippen LogP contribution in [0.15, 0.2) is 53.5 Å². The van der Waals surface area contributed by atoms with Crippen molar-refractivity contribution in [1.29, 1.82) is 0 Å². The average molecular weight is 690 g/mol. The Morgan fingerprint density at radius 2 is 1.76 bits per heavy atom. The maximum atomic E-state index is 14.5. The molecule has 5 rings (SSSR count). The molecule has 46 heavy (non-hydrogen) atoms. The Hall–Kier alpha value is -3.90. The molecule has 0 spiro atoms. The van der Waals surface area contributed by atoms with E-state index >= 15 is 0 Å². The molecule has 4 aromatic rings. The van der Waals surface area contributed by atoms with Crippen molar-refractivity contribution in [2.45, 2.75) is 18.9 Å². The Kier molecular flexibility index (Phi) is 10.4. The summed E-state index contributed by atoms with van der Waals surface area (Å²) in [5.41, 5.74) is 0.892. The molecular formula is C32H32Cl3FN6O4. The lowest BCUT2D eigenvalue weighted by Crippen LogP contribution is -2.40. The van der Waals surface area contributed by atoms with Crippen LogP contribution in [0.25, 0.3) is 22.2 Å². The Balaban J connectivity index is 1.61. The number of nitrogens with one attached hydrogen (secondary N) is 1. The number of amides is 1. The average Bonchev–Trinajstić information content (AvgIpc) is 3.03. The van der Waals surface area contributed by atoms with Crippen LogP contribution in [0.2, 0.25) is 15.1 Å². The summed E-state index contributed by atoms with van der Waals surface area (Å²) in [5, 5.41) is 3.80. The summed E-state index contributed by atoms with van der Waals surface area (Å²) in [6.45, 7) is 1.52. The van der Waals surface area contributed by atoms with E-state index in [-0.39, 0.29) is 55.6 Å². The summed E-state index contributed by atoms with van der Waals surface area (Å²) in [7, 11) is 6.77. The van der Waals surface area contributed by atoms with E-state index in [1.54, 1.807) is 33.9 Å². The highest BCUT2D eigenvalue weighted by Crippen LogP contribution is 2.45. The van der Waals surface area contributed by atoms with Gasteiger partial charge in [0, 0.05) is 60.7 Å². The number of likely N-dealkylation sites (tertiary alicyclic amines) is 1. The van der Waals surface area contributed by atoms with Gasteiger partial charge in [0.2, 0.25) is 11.9 Å². The quantitative estimate of drug-likeness (QED) is 0.196. The number of nitrogens with zero attached hydrogens (tertiary/aromatic N) is 5. The zero-order chi connectivity index (χ0) is 33.1. The van der Waals surface area contributed by atoms with Crippen LogP contribution in [0.5, 0.6) is 11.5 Å². The predicted molar refractivity (Wildman–Crippen MR) is 180 cm³/mol. The molecule has 242 valence electrons. The number of piperidine rings is 1. The normalized spacial score (nSPS) is 14.0. The number of hydrogen-bond donors (Lipinski definition) is 1. The highest BCUT2D eigenvalue weighted by atomic mass is 35.5. The molecule has 0 unspecified atom stereocenters. The van der Waals surface area contributed by atoms with E-state index < -0.39 is 11.4 Å². The van der Waals surface area contributed by atoms with Gasteiger partial charge in [-0.05, 0) is 51.2 Å². The van der Waals surface area contributed by atoms with E-state index in [1.807, 2.05) is 25.1 Å². The highest BCUT2D eigenvalue weighted by molar-refractivity contribution is 6.41. The van der Waals surface area contributed by atoms with E-state index in [4.69, 9.17) is 49.3 Å². The first-order chi connectivity index (χ1) is 22.0. The first kappa shape index (κ1) is 33.5. The molecule has 2 aromatic heterocycles. The number of methoxy groups -OCH3 is 2. The zero-order valence-electron chi connectivity index (χ0n) is 25.6. The molecule has 1 fully saturated rings. The number of halogens is 4. The lowest BCUT2D eigenvalue weighted by atomic mass is 10.0. The van der Waals surface area contributed by atoms with Crippen molar-refractivity contribution >= 4 is 63.4 Å². The van der Waals surface area contributed by atoms with Crippen LogP contribution < -0.4 is 20.3 Å². The lowest BCUT2D eigenvalue weighted by Gasteiger charge is -2.33. The van der Waals surface area contributed by atoms with Gasteiger partial charge < -0.3 is 24.6 Å². The Morgan fingerprint density at radius 1 is 1.09 bits per heavy atom. The smallest absolute Gasteiger partial charge is 0.260 e. The van der Waals surface area contributed by atoms with Crippen LogP contribution >= 0.6 is 34.8 Å². The van der Waals surface area contributed by atoms with Crippen molar-refractivity contribution < 1.29 is 18.7 Å². The third-order valence-corrected chi connectivity index (χ3v) is 8.70. The summed E-state index contributed by atoms with van der Waals surface area (Å²) in [6.07, 6.45) is 5.97. The fourth-order valence-electron chi connectivity index (χ4n) is 5.34. The molecule has 1 N–H and O–H groups in total. The van der Waals surface area contributed by atoms with Gasteiger partial charge in [0.05, 0.1) is 34.9 Å². The second-order valence-electron chi connectivity index (χ2n) is 11.0. The van der Waals surface area contributed by atoms with Crippen LogP contribution in [0.3, 0.4) is 0 Å². The van der Waals surface area contributed by atoms with Crippen LogP contribution in [-0.4, -0.2) is 78.2 Å². The molecule has 14 heteroatoms. The molecule has 3 heterocycles. The van der Waals surface area contributed by atoms with E-state index in [9.17, 15) is 14.0 Å². The van der Waals surface area contributed by atoms with Crippen LogP contribution in [0.4, 0.5) is 16.0 Å². The van der Waals surface area contributed by atoms with Gasteiger partial charge in [-0.3, -0.25) is 14.2 Å². The number of anilines is 2. The molecule has 0 radical (unpaired) electrons. The largest absolute Gasteiger partial charge is 0.495 e. The molecule has 1 aliphatic heterocycles. The predicted octanol–water partition coefficient (Wildman–Crippen LogP) is 6.60. The monoisotopic (exact) mass is 688 g/mol. The van der Waals surface area contributed by atoms with Crippen molar-refractivity contribution in [3.05, 3.63) is 79.9 Å². The van der Waals surface area contributed by atoms with Crippen LogP contribution in [-0.2, 0) is 4.79 Å². The maximum Gasteiger partial charge on any atom is 0.260 e. The molecule has 10 nitrogen and oxygen atoms in total.